The Bertz CT molecular complexity index is 1040. The Labute approximate surface area is 177 Å². The SMILES string of the molecule is Cc1cc2c(s1)Cc1ccccc1N=C2N1CCN(C)[C@@H](Cc2ccccc2)C1. The zero-order chi connectivity index (χ0) is 19.8. The topological polar surface area (TPSA) is 18.8 Å². The molecule has 0 N–H and O–H groups in total. The van der Waals surface area contributed by atoms with E-state index in [4.69, 9.17) is 4.99 Å². The molecule has 0 radical (unpaired) electrons. The van der Waals surface area contributed by atoms with E-state index in [1.165, 1.54) is 32.3 Å². The molecule has 0 unspecified atom stereocenters. The van der Waals surface area contributed by atoms with E-state index in [2.05, 4.69) is 84.4 Å². The van der Waals surface area contributed by atoms with Gasteiger partial charge in [-0.15, -0.1) is 11.3 Å². The fourth-order valence-corrected chi connectivity index (χ4v) is 5.54. The van der Waals surface area contributed by atoms with Crippen molar-refractivity contribution in [1.82, 2.24) is 9.80 Å². The Kier molecular flexibility index (Phi) is 4.98. The van der Waals surface area contributed by atoms with Crippen molar-refractivity contribution in [1.29, 1.82) is 0 Å². The van der Waals surface area contributed by atoms with Gasteiger partial charge in [-0.05, 0) is 43.7 Å². The van der Waals surface area contributed by atoms with Crippen LogP contribution in [-0.4, -0.2) is 48.4 Å². The van der Waals surface area contributed by atoms with E-state index in [9.17, 15) is 0 Å². The molecule has 2 aromatic carbocycles. The summed E-state index contributed by atoms with van der Waals surface area (Å²) in [5.74, 6) is 1.17. The Morgan fingerprint density at radius 2 is 1.83 bits per heavy atom. The van der Waals surface area contributed by atoms with Crippen molar-refractivity contribution in [3.8, 4) is 0 Å². The second-order valence-electron chi connectivity index (χ2n) is 8.20. The molecule has 0 bridgehead atoms. The maximum Gasteiger partial charge on any atom is 0.137 e. The number of hydrogen-bond acceptors (Lipinski definition) is 4. The lowest BCUT2D eigenvalue weighted by molar-refractivity contribution is 0.141. The Morgan fingerprint density at radius 3 is 2.69 bits per heavy atom. The first-order chi connectivity index (χ1) is 14.2. The van der Waals surface area contributed by atoms with E-state index >= 15 is 0 Å². The van der Waals surface area contributed by atoms with Crippen LogP contribution in [0.25, 0.3) is 0 Å². The van der Waals surface area contributed by atoms with E-state index in [0.29, 0.717) is 6.04 Å². The summed E-state index contributed by atoms with van der Waals surface area (Å²) in [4.78, 5) is 13.1. The van der Waals surface area contributed by atoms with E-state index in [-0.39, 0.29) is 0 Å². The van der Waals surface area contributed by atoms with Crippen molar-refractivity contribution in [3.63, 3.8) is 0 Å². The van der Waals surface area contributed by atoms with Crippen molar-refractivity contribution < 1.29 is 0 Å². The second-order valence-corrected chi connectivity index (χ2v) is 9.55. The molecule has 1 saturated heterocycles. The van der Waals surface area contributed by atoms with E-state index in [1.54, 1.807) is 0 Å². The standard InChI is InChI=1S/C25H27N3S/c1-18-14-22-24(29-18)16-20-10-6-7-11-23(20)26-25(22)28-13-12-27(2)21(17-28)15-19-8-4-3-5-9-19/h3-11,14,21H,12-13,15-17H2,1-2H3/t21-/m0/s1. The molecule has 3 aromatic rings. The van der Waals surface area contributed by atoms with Crippen LogP contribution in [0.3, 0.4) is 0 Å². The smallest absolute Gasteiger partial charge is 0.137 e. The number of para-hydroxylation sites is 1. The number of aryl methyl sites for hydroxylation is 1. The summed E-state index contributed by atoms with van der Waals surface area (Å²) in [6.45, 7) is 5.32. The van der Waals surface area contributed by atoms with Gasteiger partial charge in [0.2, 0.25) is 0 Å². The van der Waals surface area contributed by atoms with Crippen LogP contribution >= 0.6 is 11.3 Å². The van der Waals surface area contributed by atoms with Crippen molar-refractivity contribution in [3.05, 3.63) is 87.1 Å². The van der Waals surface area contributed by atoms with Gasteiger partial charge in [0.05, 0.1) is 5.69 Å². The van der Waals surface area contributed by atoms with E-state index in [0.717, 1.165) is 38.2 Å². The zero-order valence-electron chi connectivity index (χ0n) is 17.1. The summed E-state index contributed by atoms with van der Waals surface area (Å²) in [5, 5.41) is 0. The predicted molar refractivity (Wildman–Crippen MR) is 123 cm³/mol. The summed E-state index contributed by atoms with van der Waals surface area (Å²) >= 11 is 1.92. The van der Waals surface area contributed by atoms with Gasteiger partial charge >= 0.3 is 0 Å². The van der Waals surface area contributed by atoms with Crippen LogP contribution in [0.4, 0.5) is 5.69 Å². The lowest BCUT2D eigenvalue weighted by atomic mass is 10.0. The highest BCUT2D eigenvalue weighted by Crippen LogP contribution is 2.34. The number of amidine groups is 1. The molecule has 3 nitrogen and oxygen atoms in total. The molecule has 0 spiro atoms. The quantitative estimate of drug-likeness (QED) is 0.608. The van der Waals surface area contributed by atoms with Crippen LogP contribution < -0.4 is 0 Å². The summed E-state index contributed by atoms with van der Waals surface area (Å²) in [5.41, 5.74) is 5.21. The Morgan fingerprint density at radius 1 is 1.03 bits per heavy atom. The number of piperazine rings is 1. The molecule has 2 aliphatic heterocycles. The van der Waals surface area contributed by atoms with Crippen LogP contribution in [-0.2, 0) is 12.8 Å². The maximum atomic E-state index is 5.21. The molecule has 1 fully saturated rings. The molecule has 0 aliphatic carbocycles. The molecule has 5 rings (SSSR count). The Balaban J connectivity index is 1.49. The van der Waals surface area contributed by atoms with Crippen molar-refractivity contribution in [2.24, 2.45) is 4.99 Å². The molecule has 29 heavy (non-hydrogen) atoms. The predicted octanol–water partition coefficient (Wildman–Crippen LogP) is 4.90. The first kappa shape index (κ1) is 18.6. The number of likely N-dealkylation sites (N-methyl/N-ethyl adjacent to an activating group) is 1. The third-order valence-electron chi connectivity index (χ3n) is 6.13. The number of aliphatic imine (C=N–C) groups is 1. The van der Waals surface area contributed by atoms with Gasteiger partial charge in [0.15, 0.2) is 0 Å². The number of nitrogens with zero attached hydrogens (tertiary/aromatic N) is 3. The highest BCUT2D eigenvalue weighted by atomic mass is 32.1. The highest BCUT2D eigenvalue weighted by Gasteiger charge is 2.30. The number of thiophene rings is 1. The maximum absolute atomic E-state index is 5.21. The lowest BCUT2D eigenvalue weighted by Gasteiger charge is -2.41. The van der Waals surface area contributed by atoms with Crippen molar-refractivity contribution in [2.45, 2.75) is 25.8 Å². The average Bonchev–Trinajstić information content (AvgIpc) is 3.02. The summed E-state index contributed by atoms with van der Waals surface area (Å²) in [6.07, 6.45) is 2.06. The molecular formula is C25H27N3S. The van der Waals surface area contributed by atoms with Gasteiger partial charge < -0.3 is 4.90 Å². The zero-order valence-corrected chi connectivity index (χ0v) is 18.0. The monoisotopic (exact) mass is 401 g/mol. The second kappa shape index (κ2) is 7.77. The third kappa shape index (κ3) is 3.75. The molecule has 2 aliphatic rings. The largest absolute Gasteiger partial charge is 0.353 e. The molecular weight excluding hydrogens is 374 g/mol. The van der Waals surface area contributed by atoms with Crippen LogP contribution in [0.5, 0.6) is 0 Å². The van der Waals surface area contributed by atoms with Gasteiger partial charge in [-0.1, -0.05) is 48.5 Å². The van der Waals surface area contributed by atoms with Gasteiger partial charge in [-0.2, -0.15) is 0 Å². The minimum Gasteiger partial charge on any atom is -0.353 e. The van der Waals surface area contributed by atoms with Gasteiger partial charge in [0.1, 0.15) is 5.84 Å². The molecule has 4 heteroatoms. The summed E-state index contributed by atoms with van der Waals surface area (Å²) in [6, 6.07) is 22.3. The fourth-order valence-electron chi connectivity index (χ4n) is 4.49. The van der Waals surface area contributed by atoms with Crippen molar-refractivity contribution >= 4 is 22.9 Å². The molecule has 0 amide bonds. The minimum atomic E-state index is 0.496. The van der Waals surface area contributed by atoms with Gasteiger partial charge in [-0.3, -0.25) is 4.90 Å². The van der Waals surface area contributed by atoms with Crippen LogP contribution in [0.15, 0.2) is 65.7 Å². The lowest BCUT2D eigenvalue weighted by Crippen LogP contribution is -2.54. The minimum absolute atomic E-state index is 0.496. The molecule has 148 valence electrons. The Hall–Kier alpha value is -2.43. The first-order valence-electron chi connectivity index (χ1n) is 10.4. The van der Waals surface area contributed by atoms with Crippen molar-refractivity contribution in [2.75, 3.05) is 26.7 Å². The normalized spacial score (nSPS) is 19.3. The summed E-state index contributed by atoms with van der Waals surface area (Å²) < 4.78 is 0. The number of rotatable bonds is 2. The third-order valence-corrected chi connectivity index (χ3v) is 7.18. The number of hydrogen-bond donors (Lipinski definition) is 0. The van der Waals surface area contributed by atoms with Crippen LogP contribution in [0.2, 0.25) is 0 Å². The molecule has 0 saturated carbocycles. The van der Waals surface area contributed by atoms with E-state index < -0.39 is 0 Å². The number of benzene rings is 2. The van der Waals surface area contributed by atoms with Gasteiger partial charge in [0.25, 0.3) is 0 Å². The molecule has 1 atom stereocenters. The van der Waals surface area contributed by atoms with Gasteiger partial charge in [0, 0.05) is 47.4 Å². The molecule has 3 heterocycles. The van der Waals surface area contributed by atoms with E-state index in [1.807, 2.05) is 11.3 Å². The van der Waals surface area contributed by atoms with Crippen LogP contribution in [0, 0.1) is 6.92 Å². The van der Waals surface area contributed by atoms with Gasteiger partial charge in [-0.25, -0.2) is 4.99 Å². The summed E-state index contributed by atoms with van der Waals surface area (Å²) in [7, 11) is 2.26. The average molecular weight is 402 g/mol. The van der Waals surface area contributed by atoms with Crippen LogP contribution in [0.1, 0.15) is 26.4 Å². The fraction of sp³-hybridized carbons (Fsp3) is 0.320. The first-order valence-corrected chi connectivity index (χ1v) is 11.2. The highest BCUT2D eigenvalue weighted by molar-refractivity contribution is 7.12. The molecule has 1 aromatic heterocycles. The number of fused-ring (bicyclic) bond motifs is 2.